The minimum absolute atomic E-state index is 0.0363. The van der Waals surface area contributed by atoms with E-state index in [4.69, 9.17) is 21.1 Å². The van der Waals surface area contributed by atoms with E-state index in [0.717, 1.165) is 5.56 Å². The number of hydrogen-bond donors (Lipinski definition) is 2. The number of para-hydroxylation sites is 1. The predicted molar refractivity (Wildman–Crippen MR) is 187 cm³/mol. The van der Waals surface area contributed by atoms with E-state index >= 15 is 0 Å². The lowest BCUT2D eigenvalue weighted by molar-refractivity contribution is -0.161. The van der Waals surface area contributed by atoms with E-state index in [1.807, 2.05) is 57.2 Å². The molecule has 0 aliphatic carbocycles. The summed E-state index contributed by atoms with van der Waals surface area (Å²) in [6.07, 6.45) is 3.34. The molecule has 1 spiro atoms. The van der Waals surface area contributed by atoms with Crippen molar-refractivity contribution in [2.75, 3.05) is 24.6 Å². The van der Waals surface area contributed by atoms with Crippen LogP contribution >= 0.6 is 11.6 Å². The Labute approximate surface area is 293 Å². The first-order valence-electron chi connectivity index (χ1n) is 16.9. The Morgan fingerprint density at radius 1 is 1.16 bits per heavy atom. The van der Waals surface area contributed by atoms with Crippen LogP contribution in [0.3, 0.4) is 0 Å². The minimum Gasteiger partial charge on any atom is -0.455 e. The number of fused-ring (bicyclic) bond motifs is 1. The standard InChI is InChI=1S/C38H46ClN3O7/c1-6-8-17-30(44)40-21-29(25-14-10-9-11-15-25)48-37(47)31-28-18-19-38(49-28)32(31)35(45)42(27(22-43)23(3)4)34(38)36(46)41(20-7-2)33-24(5)13-12-16-26(33)39/h6-7,9-16,23,27-29,31-32,34,43H,1-2,8,17-22H2,3-5H3,(H,40,44)/t27-,28-,29+,31+,32+,34-,38+/m0/s1. The molecule has 2 N–H and O–H groups in total. The van der Waals surface area contributed by atoms with Crippen molar-refractivity contribution >= 4 is 41.0 Å². The van der Waals surface area contributed by atoms with Gasteiger partial charge in [-0.1, -0.05) is 80.1 Å². The fourth-order valence-electron chi connectivity index (χ4n) is 7.79. The molecule has 2 aromatic carbocycles. The average molecular weight is 692 g/mol. The number of halogens is 1. The highest BCUT2D eigenvalue weighted by Gasteiger charge is 2.76. The Morgan fingerprint density at radius 3 is 2.53 bits per heavy atom. The van der Waals surface area contributed by atoms with Crippen LogP contribution in [-0.4, -0.2) is 77.2 Å². The second-order valence-corrected chi connectivity index (χ2v) is 13.8. The first kappa shape index (κ1) is 36.3. The smallest absolute Gasteiger partial charge is 0.313 e. The van der Waals surface area contributed by atoms with Crippen molar-refractivity contribution in [3.63, 3.8) is 0 Å². The van der Waals surface area contributed by atoms with Gasteiger partial charge in [-0.2, -0.15) is 0 Å². The molecule has 3 saturated heterocycles. The van der Waals surface area contributed by atoms with Gasteiger partial charge < -0.3 is 29.7 Å². The van der Waals surface area contributed by atoms with Gasteiger partial charge in [0.2, 0.25) is 11.8 Å². The van der Waals surface area contributed by atoms with Gasteiger partial charge >= 0.3 is 5.97 Å². The van der Waals surface area contributed by atoms with E-state index in [1.165, 1.54) is 9.80 Å². The molecule has 3 heterocycles. The Balaban J connectivity index is 1.52. The van der Waals surface area contributed by atoms with Crippen LogP contribution in [0.5, 0.6) is 0 Å². The van der Waals surface area contributed by atoms with Gasteiger partial charge in [-0.3, -0.25) is 19.2 Å². The summed E-state index contributed by atoms with van der Waals surface area (Å²) in [6, 6.07) is 12.6. The van der Waals surface area contributed by atoms with Crippen LogP contribution in [0, 0.1) is 24.7 Å². The van der Waals surface area contributed by atoms with E-state index < -0.39 is 59.5 Å². The molecule has 3 amide bonds. The molecule has 0 saturated carbocycles. The Hall–Kier alpha value is -3.99. The number of esters is 1. The topological polar surface area (TPSA) is 125 Å². The van der Waals surface area contributed by atoms with Gasteiger partial charge in [0.25, 0.3) is 5.91 Å². The number of allylic oxidation sites excluding steroid dienone is 1. The molecule has 7 atom stereocenters. The third-order valence-electron chi connectivity index (χ3n) is 10.1. The maximum atomic E-state index is 14.9. The number of ether oxygens (including phenoxy) is 2. The Morgan fingerprint density at radius 2 is 1.90 bits per heavy atom. The SMILES string of the molecule is C=CCCC(=O)NC[C@@H](OC(=O)[C@@H]1[C@@H]2CC[C@]3(O2)[C@H](C(=O)N(CC=C)c2c(C)cccc2Cl)N([C@@H](CO)C(C)C)C(=O)[C@@H]13)c1ccccc1. The van der Waals surface area contributed by atoms with Crippen molar-refractivity contribution in [1.82, 2.24) is 10.2 Å². The zero-order valence-electron chi connectivity index (χ0n) is 28.3. The summed E-state index contributed by atoms with van der Waals surface area (Å²) in [5.74, 6) is -3.93. The number of nitrogens with zero attached hydrogens (tertiary/aromatic N) is 2. The number of hydrogen-bond acceptors (Lipinski definition) is 7. The summed E-state index contributed by atoms with van der Waals surface area (Å²) in [6.45, 7) is 12.9. The summed E-state index contributed by atoms with van der Waals surface area (Å²) in [7, 11) is 0. The number of aliphatic hydroxyl groups excluding tert-OH is 1. The van der Waals surface area contributed by atoms with Gasteiger partial charge in [0.1, 0.15) is 17.7 Å². The molecule has 0 aromatic heterocycles. The fraction of sp³-hybridized carbons (Fsp3) is 0.474. The van der Waals surface area contributed by atoms with Crippen LogP contribution in [0.1, 0.15) is 56.8 Å². The third kappa shape index (κ3) is 6.78. The van der Waals surface area contributed by atoms with E-state index in [0.29, 0.717) is 35.5 Å². The lowest BCUT2D eigenvalue weighted by Gasteiger charge is -2.40. The number of amides is 3. The maximum absolute atomic E-state index is 14.9. The summed E-state index contributed by atoms with van der Waals surface area (Å²) < 4.78 is 12.8. The minimum atomic E-state index is -1.33. The molecule has 10 nitrogen and oxygen atoms in total. The summed E-state index contributed by atoms with van der Waals surface area (Å²) in [5, 5.41) is 13.8. The second kappa shape index (κ2) is 15.3. The molecule has 3 fully saturated rings. The highest BCUT2D eigenvalue weighted by molar-refractivity contribution is 6.34. The van der Waals surface area contributed by atoms with Crippen molar-refractivity contribution in [3.05, 3.63) is 90.0 Å². The largest absolute Gasteiger partial charge is 0.455 e. The zero-order chi connectivity index (χ0) is 35.5. The van der Waals surface area contributed by atoms with E-state index in [9.17, 15) is 24.3 Å². The number of anilines is 1. The van der Waals surface area contributed by atoms with Crippen LogP contribution in [-0.2, 0) is 28.7 Å². The van der Waals surface area contributed by atoms with Crippen LogP contribution < -0.4 is 10.2 Å². The van der Waals surface area contributed by atoms with Gasteiger partial charge in [-0.05, 0) is 49.3 Å². The molecule has 0 radical (unpaired) electrons. The number of carbonyl (C=O) groups excluding carboxylic acids is 4. The van der Waals surface area contributed by atoms with Crippen molar-refractivity contribution < 1.29 is 33.8 Å². The predicted octanol–water partition coefficient (Wildman–Crippen LogP) is 4.93. The van der Waals surface area contributed by atoms with Crippen molar-refractivity contribution in [2.45, 2.75) is 76.3 Å². The summed E-state index contributed by atoms with van der Waals surface area (Å²) in [5.41, 5.74) is 0.606. The quantitative estimate of drug-likeness (QED) is 0.201. The van der Waals surface area contributed by atoms with Crippen molar-refractivity contribution in [2.24, 2.45) is 17.8 Å². The fourth-order valence-corrected chi connectivity index (χ4v) is 8.11. The highest BCUT2D eigenvalue weighted by Crippen LogP contribution is 2.59. The van der Waals surface area contributed by atoms with Crippen molar-refractivity contribution in [1.29, 1.82) is 0 Å². The normalized spacial score (nSPS) is 25.1. The van der Waals surface area contributed by atoms with Gasteiger partial charge in [-0.15, -0.1) is 13.2 Å². The Bertz CT molecular complexity index is 1560. The van der Waals surface area contributed by atoms with Gasteiger partial charge in [-0.25, -0.2) is 0 Å². The molecule has 0 unspecified atom stereocenters. The average Bonchev–Trinajstić information content (AvgIpc) is 3.73. The molecule has 262 valence electrons. The van der Waals surface area contributed by atoms with Gasteiger partial charge in [0.05, 0.1) is 47.8 Å². The number of benzene rings is 2. The molecular weight excluding hydrogens is 646 g/mol. The first-order valence-corrected chi connectivity index (χ1v) is 17.3. The van der Waals surface area contributed by atoms with Crippen LogP contribution in [0.2, 0.25) is 5.02 Å². The van der Waals surface area contributed by atoms with E-state index in [1.54, 1.807) is 24.3 Å². The summed E-state index contributed by atoms with van der Waals surface area (Å²) >= 11 is 6.67. The lowest BCUT2D eigenvalue weighted by Crippen LogP contribution is -2.60. The number of nitrogens with one attached hydrogen (secondary N) is 1. The van der Waals surface area contributed by atoms with Gasteiger partial charge in [0.15, 0.2) is 0 Å². The second-order valence-electron chi connectivity index (χ2n) is 13.4. The number of aliphatic hydroxyl groups is 1. The molecule has 2 bridgehead atoms. The number of likely N-dealkylation sites (tertiary alicyclic amines) is 1. The summed E-state index contributed by atoms with van der Waals surface area (Å²) in [4.78, 5) is 59.3. The molecular formula is C38H46ClN3O7. The third-order valence-corrected chi connectivity index (χ3v) is 10.4. The lowest BCUT2D eigenvalue weighted by atomic mass is 9.70. The number of rotatable bonds is 15. The molecule has 5 rings (SSSR count). The first-order chi connectivity index (χ1) is 23.5. The van der Waals surface area contributed by atoms with E-state index in [2.05, 4.69) is 18.5 Å². The molecule has 3 aliphatic rings. The monoisotopic (exact) mass is 691 g/mol. The van der Waals surface area contributed by atoms with Crippen molar-refractivity contribution in [3.8, 4) is 0 Å². The van der Waals surface area contributed by atoms with E-state index in [-0.39, 0.29) is 37.9 Å². The molecule has 49 heavy (non-hydrogen) atoms. The highest BCUT2D eigenvalue weighted by atomic mass is 35.5. The van der Waals surface area contributed by atoms with Crippen LogP contribution in [0.15, 0.2) is 73.8 Å². The molecule has 3 aliphatic heterocycles. The van der Waals surface area contributed by atoms with Gasteiger partial charge in [0, 0.05) is 13.0 Å². The molecule has 11 heteroatoms. The number of carbonyl (C=O) groups is 4. The Kier molecular flexibility index (Phi) is 11.3. The maximum Gasteiger partial charge on any atom is 0.313 e. The zero-order valence-corrected chi connectivity index (χ0v) is 29.1. The molecule has 2 aromatic rings. The van der Waals surface area contributed by atoms with Crippen LogP contribution in [0.25, 0.3) is 0 Å². The number of aryl methyl sites for hydroxylation is 1. The van der Waals surface area contributed by atoms with Crippen LogP contribution in [0.4, 0.5) is 5.69 Å².